The van der Waals surface area contributed by atoms with Crippen LogP contribution in [0.4, 0.5) is 13.2 Å². The molecule has 1 N–H and O–H groups in total. The minimum absolute atomic E-state index is 0.248. The number of benzene rings is 2. The molecule has 0 saturated heterocycles. The number of aromatic amines is 1. The molecule has 0 bridgehead atoms. The van der Waals surface area contributed by atoms with Gasteiger partial charge in [0.15, 0.2) is 0 Å². The molecule has 1 aliphatic rings. The molecular weight excluding hydrogens is 447 g/mol. The van der Waals surface area contributed by atoms with Crippen LogP contribution in [0.15, 0.2) is 57.8 Å². The summed E-state index contributed by atoms with van der Waals surface area (Å²) in [5.74, 6) is 0.293. The van der Waals surface area contributed by atoms with E-state index in [1.54, 1.807) is 0 Å². The molecule has 0 radical (unpaired) electrons. The number of nitrogens with zero attached hydrogens (tertiary/aromatic N) is 2. The molecule has 1 aliphatic heterocycles. The highest BCUT2D eigenvalue weighted by molar-refractivity contribution is 9.10. The minimum Gasteiger partial charge on any atom is -0.306 e. The second-order valence-electron chi connectivity index (χ2n) is 6.97. The first kappa shape index (κ1) is 19.8. The normalized spacial score (nSPS) is 14.6. The second kappa shape index (κ2) is 7.76. The van der Waals surface area contributed by atoms with Crippen LogP contribution < -0.4 is 5.56 Å². The molecule has 1 aromatic heterocycles. The van der Waals surface area contributed by atoms with Gasteiger partial charge in [-0.3, -0.25) is 9.69 Å². The van der Waals surface area contributed by atoms with Crippen molar-refractivity contribution in [3.63, 3.8) is 0 Å². The number of rotatable bonds is 3. The van der Waals surface area contributed by atoms with Gasteiger partial charge in [0, 0.05) is 36.1 Å². The van der Waals surface area contributed by atoms with Gasteiger partial charge in [-0.15, -0.1) is 0 Å². The molecule has 150 valence electrons. The maximum atomic E-state index is 12.7. The highest BCUT2D eigenvalue weighted by Gasteiger charge is 2.30. The van der Waals surface area contributed by atoms with Crippen molar-refractivity contribution in [3.8, 4) is 11.4 Å². The van der Waals surface area contributed by atoms with Crippen molar-refractivity contribution >= 4 is 15.9 Å². The smallest absolute Gasteiger partial charge is 0.306 e. The molecule has 0 saturated carbocycles. The lowest BCUT2D eigenvalue weighted by molar-refractivity contribution is -0.137. The van der Waals surface area contributed by atoms with E-state index in [1.165, 1.54) is 12.1 Å². The fourth-order valence-corrected chi connectivity index (χ4v) is 3.85. The van der Waals surface area contributed by atoms with E-state index in [-0.39, 0.29) is 5.56 Å². The number of hydrogen-bond acceptors (Lipinski definition) is 3. The van der Waals surface area contributed by atoms with Gasteiger partial charge in [-0.05, 0) is 23.8 Å². The Hall–Kier alpha value is -2.45. The molecule has 0 spiro atoms. The zero-order chi connectivity index (χ0) is 20.6. The Morgan fingerprint density at radius 2 is 1.83 bits per heavy atom. The summed E-state index contributed by atoms with van der Waals surface area (Å²) in [5, 5.41) is 0. The summed E-state index contributed by atoms with van der Waals surface area (Å²) >= 11 is 3.54. The average molecular weight is 464 g/mol. The van der Waals surface area contributed by atoms with Gasteiger partial charge in [0.05, 0.1) is 16.8 Å². The van der Waals surface area contributed by atoms with Gasteiger partial charge < -0.3 is 4.98 Å². The van der Waals surface area contributed by atoms with Crippen LogP contribution in [0.25, 0.3) is 11.4 Å². The number of alkyl halides is 3. The first-order chi connectivity index (χ1) is 13.8. The maximum Gasteiger partial charge on any atom is 0.416 e. The number of hydrogen-bond donors (Lipinski definition) is 1. The molecule has 0 unspecified atom stereocenters. The summed E-state index contributed by atoms with van der Waals surface area (Å²) in [4.78, 5) is 22.1. The van der Waals surface area contributed by atoms with Crippen LogP contribution >= 0.6 is 15.9 Å². The van der Waals surface area contributed by atoms with E-state index in [2.05, 4.69) is 30.8 Å². The van der Waals surface area contributed by atoms with Crippen molar-refractivity contribution in [2.75, 3.05) is 6.54 Å². The maximum absolute atomic E-state index is 12.7. The SMILES string of the molecule is O=c1[nH]c(-c2ccc(C(F)(F)F)cc2)nc2c1CN(Cc1ccccc1Br)CC2. The number of aromatic nitrogens is 2. The third-order valence-electron chi connectivity index (χ3n) is 4.99. The van der Waals surface area contributed by atoms with Crippen molar-refractivity contribution in [3.05, 3.63) is 85.7 Å². The molecular formula is C21H17BrF3N3O. The van der Waals surface area contributed by atoms with Gasteiger partial charge >= 0.3 is 6.18 Å². The number of halogens is 4. The average Bonchev–Trinajstić information content (AvgIpc) is 2.69. The molecule has 8 heteroatoms. The van der Waals surface area contributed by atoms with Gasteiger partial charge in [-0.25, -0.2) is 4.98 Å². The highest BCUT2D eigenvalue weighted by atomic mass is 79.9. The Balaban J connectivity index is 1.57. The van der Waals surface area contributed by atoms with E-state index in [0.717, 1.165) is 28.7 Å². The summed E-state index contributed by atoms with van der Waals surface area (Å²) in [6.45, 7) is 1.94. The predicted molar refractivity (Wildman–Crippen MR) is 107 cm³/mol. The van der Waals surface area contributed by atoms with Crippen LogP contribution in [0, 0.1) is 0 Å². The highest BCUT2D eigenvalue weighted by Crippen LogP contribution is 2.30. The van der Waals surface area contributed by atoms with Crippen LogP contribution in [0.1, 0.15) is 22.4 Å². The summed E-state index contributed by atoms with van der Waals surface area (Å²) in [7, 11) is 0. The standard InChI is InChI=1S/C21H17BrF3N3O/c22-17-4-2-1-3-14(17)11-28-10-9-18-16(12-28)20(29)27-19(26-18)13-5-7-15(8-6-13)21(23,24)25/h1-8H,9-12H2,(H,26,27,29). The summed E-state index contributed by atoms with van der Waals surface area (Å²) in [6.07, 6.45) is -3.79. The molecule has 0 fully saturated rings. The van der Waals surface area contributed by atoms with Crippen molar-refractivity contribution in [2.45, 2.75) is 25.7 Å². The zero-order valence-corrected chi connectivity index (χ0v) is 16.8. The topological polar surface area (TPSA) is 49.0 Å². The van der Waals surface area contributed by atoms with Crippen LogP contribution in [0.5, 0.6) is 0 Å². The third-order valence-corrected chi connectivity index (χ3v) is 5.76. The van der Waals surface area contributed by atoms with Gasteiger partial charge in [-0.2, -0.15) is 13.2 Å². The van der Waals surface area contributed by atoms with Crippen molar-refractivity contribution < 1.29 is 13.2 Å². The van der Waals surface area contributed by atoms with E-state index < -0.39 is 11.7 Å². The van der Waals surface area contributed by atoms with Crippen LogP contribution in [0.3, 0.4) is 0 Å². The Morgan fingerprint density at radius 3 is 2.52 bits per heavy atom. The predicted octanol–water partition coefficient (Wildman–Crippen LogP) is 4.78. The second-order valence-corrected chi connectivity index (χ2v) is 7.82. The number of fused-ring (bicyclic) bond motifs is 1. The van der Waals surface area contributed by atoms with Gasteiger partial charge in [-0.1, -0.05) is 46.3 Å². The molecule has 0 aliphatic carbocycles. The Morgan fingerprint density at radius 1 is 1.10 bits per heavy atom. The Labute approximate surface area is 173 Å². The lowest BCUT2D eigenvalue weighted by Gasteiger charge is -2.28. The van der Waals surface area contributed by atoms with E-state index in [0.29, 0.717) is 42.2 Å². The number of nitrogens with one attached hydrogen (secondary N) is 1. The van der Waals surface area contributed by atoms with Crippen LogP contribution in [-0.4, -0.2) is 21.4 Å². The number of H-pyrrole nitrogens is 1. The van der Waals surface area contributed by atoms with Crippen molar-refractivity contribution in [2.24, 2.45) is 0 Å². The quantitative estimate of drug-likeness (QED) is 0.608. The first-order valence-corrected chi connectivity index (χ1v) is 9.86. The molecule has 0 atom stereocenters. The van der Waals surface area contributed by atoms with E-state index in [4.69, 9.17) is 0 Å². The van der Waals surface area contributed by atoms with Gasteiger partial charge in [0.25, 0.3) is 5.56 Å². The van der Waals surface area contributed by atoms with Crippen molar-refractivity contribution in [1.82, 2.24) is 14.9 Å². The fourth-order valence-electron chi connectivity index (χ4n) is 3.44. The van der Waals surface area contributed by atoms with Gasteiger partial charge in [0.2, 0.25) is 0 Å². The molecule has 4 rings (SSSR count). The van der Waals surface area contributed by atoms with E-state index in [1.807, 2.05) is 24.3 Å². The van der Waals surface area contributed by atoms with Crippen LogP contribution in [-0.2, 0) is 25.7 Å². The lowest BCUT2D eigenvalue weighted by atomic mass is 10.0. The zero-order valence-electron chi connectivity index (χ0n) is 15.3. The Kier molecular flexibility index (Phi) is 5.31. The van der Waals surface area contributed by atoms with Gasteiger partial charge in [0.1, 0.15) is 5.82 Å². The Bertz CT molecular complexity index is 1090. The first-order valence-electron chi connectivity index (χ1n) is 9.07. The summed E-state index contributed by atoms with van der Waals surface area (Å²) in [6, 6.07) is 12.6. The monoisotopic (exact) mass is 463 g/mol. The van der Waals surface area contributed by atoms with Crippen molar-refractivity contribution in [1.29, 1.82) is 0 Å². The van der Waals surface area contributed by atoms with Crippen LogP contribution in [0.2, 0.25) is 0 Å². The molecule has 2 heterocycles. The third kappa shape index (κ3) is 4.28. The molecule has 3 aromatic rings. The van der Waals surface area contributed by atoms with E-state index in [9.17, 15) is 18.0 Å². The summed E-state index contributed by atoms with van der Waals surface area (Å²) < 4.78 is 39.3. The molecule has 2 aromatic carbocycles. The minimum atomic E-state index is -4.40. The van der Waals surface area contributed by atoms with E-state index >= 15 is 0 Å². The largest absolute Gasteiger partial charge is 0.416 e. The fraction of sp³-hybridized carbons (Fsp3) is 0.238. The lowest BCUT2D eigenvalue weighted by Crippen LogP contribution is -2.35. The molecule has 29 heavy (non-hydrogen) atoms. The molecule has 4 nitrogen and oxygen atoms in total. The molecule has 0 amide bonds. The summed E-state index contributed by atoms with van der Waals surface area (Å²) in [5.41, 5.74) is 1.92.